The second kappa shape index (κ2) is 11.8. The van der Waals surface area contributed by atoms with Crippen molar-refractivity contribution in [2.24, 2.45) is 5.92 Å². The molecule has 4 heteroatoms. The Kier molecular flexibility index (Phi) is 8.55. The van der Waals surface area contributed by atoms with E-state index in [1.807, 2.05) is 0 Å². The predicted octanol–water partition coefficient (Wildman–Crippen LogP) is 8.62. The van der Waals surface area contributed by atoms with Crippen molar-refractivity contribution in [3.63, 3.8) is 0 Å². The number of urea groups is 1. The van der Waals surface area contributed by atoms with Gasteiger partial charge in [-0.3, -0.25) is 0 Å². The van der Waals surface area contributed by atoms with Crippen molar-refractivity contribution >= 4 is 11.7 Å². The van der Waals surface area contributed by atoms with Crippen LogP contribution < -0.4 is 10.2 Å². The van der Waals surface area contributed by atoms with E-state index in [0.717, 1.165) is 70.9 Å². The third-order valence-corrected chi connectivity index (χ3v) is 11.5. The highest BCUT2D eigenvalue weighted by molar-refractivity contribution is 5.78. The van der Waals surface area contributed by atoms with Crippen LogP contribution in [0, 0.1) is 5.92 Å². The molecule has 5 rings (SSSR count). The van der Waals surface area contributed by atoms with Crippen molar-refractivity contribution in [3.05, 3.63) is 65.2 Å². The van der Waals surface area contributed by atoms with Gasteiger partial charge >= 0.3 is 6.03 Å². The second-order valence-corrected chi connectivity index (χ2v) is 12.9. The van der Waals surface area contributed by atoms with Crippen LogP contribution >= 0.6 is 0 Å². The normalized spacial score (nSPS) is 25.2. The Balaban J connectivity index is 1.65. The maximum Gasteiger partial charge on any atom is 0.318 e. The summed E-state index contributed by atoms with van der Waals surface area (Å²) in [6, 6.07) is 18.6. The fourth-order valence-electron chi connectivity index (χ4n) is 8.56. The van der Waals surface area contributed by atoms with Crippen LogP contribution in [0.2, 0.25) is 0 Å². The summed E-state index contributed by atoms with van der Waals surface area (Å²) in [6.45, 7) is 13.6. The highest BCUT2D eigenvalue weighted by Crippen LogP contribution is 2.54. The largest absolute Gasteiger partial charge is 0.356 e. The average molecular weight is 544 g/mol. The SMILES string of the molecule is CCc1cccc(N(C(CC)(CC)CC)C2(c3ccccc3)CCC3(CC2)CNC(=O)N3CC2CCC2)c1CC. The fraction of sp³-hybridized carbons (Fsp3) is 0.639. The fourth-order valence-corrected chi connectivity index (χ4v) is 8.56. The molecular formula is C36H53N3O. The van der Waals surface area contributed by atoms with E-state index in [1.165, 1.54) is 41.6 Å². The highest BCUT2D eigenvalue weighted by atomic mass is 16.2. The van der Waals surface area contributed by atoms with Gasteiger partial charge in [0.2, 0.25) is 0 Å². The van der Waals surface area contributed by atoms with Crippen molar-refractivity contribution < 1.29 is 4.79 Å². The molecule has 2 aromatic carbocycles. The number of carbonyl (C=O) groups excluding carboxylic acids is 1. The van der Waals surface area contributed by atoms with Gasteiger partial charge in [0.25, 0.3) is 0 Å². The molecule has 2 saturated carbocycles. The lowest BCUT2D eigenvalue weighted by Gasteiger charge is -2.60. The molecule has 4 nitrogen and oxygen atoms in total. The monoisotopic (exact) mass is 543 g/mol. The summed E-state index contributed by atoms with van der Waals surface area (Å²) < 4.78 is 0. The van der Waals surface area contributed by atoms with E-state index < -0.39 is 0 Å². The number of rotatable bonds is 11. The molecule has 1 N–H and O–H groups in total. The van der Waals surface area contributed by atoms with Gasteiger partial charge in [-0.2, -0.15) is 0 Å². The third kappa shape index (κ3) is 4.73. The van der Waals surface area contributed by atoms with E-state index in [1.54, 1.807) is 0 Å². The first-order valence-electron chi connectivity index (χ1n) is 16.4. The van der Waals surface area contributed by atoms with Gasteiger partial charge < -0.3 is 15.1 Å². The maximum atomic E-state index is 13.2. The number of hydrogen-bond acceptors (Lipinski definition) is 2. The Bertz CT molecular complexity index is 1130. The topological polar surface area (TPSA) is 35.6 Å². The van der Waals surface area contributed by atoms with E-state index in [4.69, 9.17) is 0 Å². The number of benzene rings is 2. The van der Waals surface area contributed by atoms with E-state index in [-0.39, 0.29) is 22.6 Å². The van der Waals surface area contributed by atoms with Gasteiger partial charge in [0.15, 0.2) is 0 Å². The molecule has 3 fully saturated rings. The minimum atomic E-state index is -0.112. The maximum absolute atomic E-state index is 13.2. The van der Waals surface area contributed by atoms with Crippen molar-refractivity contribution in [3.8, 4) is 0 Å². The van der Waals surface area contributed by atoms with Crippen LogP contribution in [0.3, 0.4) is 0 Å². The molecule has 1 spiro atoms. The molecular weight excluding hydrogens is 490 g/mol. The molecule has 1 aliphatic heterocycles. The van der Waals surface area contributed by atoms with Gasteiger partial charge in [-0.1, -0.05) is 83.5 Å². The first kappa shape index (κ1) is 29.0. The summed E-state index contributed by atoms with van der Waals surface area (Å²) in [4.78, 5) is 18.4. The van der Waals surface area contributed by atoms with Gasteiger partial charge in [-0.05, 0) is 99.3 Å². The van der Waals surface area contributed by atoms with Crippen molar-refractivity contribution in [1.29, 1.82) is 0 Å². The van der Waals surface area contributed by atoms with Crippen LogP contribution in [-0.4, -0.2) is 35.1 Å². The van der Waals surface area contributed by atoms with E-state index in [0.29, 0.717) is 5.92 Å². The zero-order valence-electron chi connectivity index (χ0n) is 25.9. The smallest absolute Gasteiger partial charge is 0.318 e. The highest BCUT2D eigenvalue weighted by Gasteiger charge is 2.56. The van der Waals surface area contributed by atoms with E-state index in [2.05, 4.69) is 98.3 Å². The minimum Gasteiger partial charge on any atom is -0.356 e. The first-order valence-corrected chi connectivity index (χ1v) is 16.4. The number of nitrogens with one attached hydrogen (secondary N) is 1. The number of hydrogen-bond donors (Lipinski definition) is 1. The Hall–Kier alpha value is -2.49. The summed E-state index contributed by atoms with van der Waals surface area (Å²) in [7, 11) is 0. The van der Waals surface area contributed by atoms with E-state index in [9.17, 15) is 4.79 Å². The molecule has 3 aliphatic rings. The Labute approximate surface area is 243 Å². The van der Waals surface area contributed by atoms with Crippen LogP contribution in [0.5, 0.6) is 0 Å². The number of nitrogens with zero attached hydrogens (tertiary/aromatic N) is 2. The number of carbonyl (C=O) groups is 1. The average Bonchev–Trinajstić information content (AvgIpc) is 3.28. The van der Waals surface area contributed by atoms with E-state index >= 15 is 0 Å². The zero-order valence-corrected chi connectivity index (χ0v) is 25.9. The molecule has 0 radical (unpaired) electrons. The molecule has 0 aromatic heterocycles. The summed E-state index contributed by atoms with van der Waals surface area (Å²) in [5.74, 6) is 0.690. The lowest BCUT2D eigenvalue weighted by molar-refractivity contribution is 0.0566. The van der Waals surface area contributed by atoms with Gasteiger partial charge in [0, 0.05) is 24.3 Å². The van der Waals surface area contributed by atoms with Crippen LogP contribution in [0.25, 0.3) is 0 Å². The first-order chi connectivity index (χ1) is 19.4. The Morgan fingerprint density at radius 2 is 1.55 bits per heavy atom. The van der Waals surface area contributed by atoms with Crippen molar-refractivity contribution in [2.45, 2.75) is 128 Å². The number of amides is 2. The number of anilines is 1. The number of aryl methyl sites for hydroxylation is 1. The second-order valence-electron chi connectivity index (χ2n) is 12.9. The molecule has 1 heterocycles. The molecule has 0 bridgehead atoms. The summed E-state index contributed by atoms with van der Waals surface area (Å²) in [5.41, 5.74) is 5.78. The predicted molar refractivity (Wildman–Crippen MR) is 168 cm³/mol. The summed E-state index contributed by atoms with van der Waals surface area (Å²) in [6.07, 6.45) is 13.6. The molecule has 2 aliphatic carbocycles. The lowest BCUT2D eigenvalue weighted by atomic mass is 9.65. The van der Waals surface area contributed by atoms with Gasteiger partial charge in [-0.25, -0.2) is 4.79 Å². The Morgan fingerprint density at radius 1 is 0.875 bits per heavy atom. The van der Waals surface area contributed by atoms with Crippen LogP contribution in [0.4, 0.5) is 10.5 Å². The van der Waals surface area contributed by atoms with Crippen LogP contribution in [0.1, 0.15) is 116 Å². The van der Waals surface area contributed by atoms with Crippen molar-refractivity contribution in [2.75, 3.05) is 18.0 Å². The van der Waals surface area contributed by atoms with Gasteiger partial charge in [0.05, 0.1) is 11.1 Å². The minimum absolute atomic E-state index is 0.0528. The molecule has 0 atom stereocenters. The molecule has 2 aromatic rings. The van der Waals surface area contributed by atoms with Gasteiger partial charge in [-0.15, -0.1) is 0 Å². The molecule has 1 saturated heterocycles. The molecule has 0 unspecified atom stereocenters. The van der Waals surface area contributed by atoms with Crippen molar-refractivity contribution in [1.82, 2.24) is 10.2 Å². The quantitative estimate of drug-likeness (QED) is 0.308. The lowest BCUT2D eigenvalue weighted by Crippen LogP contribution is -2.63. The standard InChI is InChI=1S/C36H53N3O/c1-6-29-18-15-21-32(31(29)7-2)39(34(8-3,9-4)10-5)36(30-19-12-11-13-20-30)24-22-35(23-25-36)27-37-33(40)38(35)26-28-16-14-17-28/h11-13,15,18-21,28H,6-10,14,16-17,22-27H2,1-5H3,(H,37,40). The van der Waals surface area contributed by atoms with Gasteiger partial charge in [0.1, 0.15) is 0 Å². The van der Waals surface area contributed by atoms with Crippen LogP contribution in [0.15, 0.2) is 48.5 Å². The molecule has 218 valence electrons. The molecule has 2 amide bonds. The van der Waals surface area contributed by atoms with Crippen LogP contribution in [-0.2, 0) is 18.4 Å². The Morgan fingerprint density at radius 3 is 2.10 bits per heavy atom. The zero-order chi connectivity index (χ0) is 28.4. The summed E-state index contributed by atoms with van der Waals surface area (Å²) >= 11 is 0. The third-order valence-electron chi connectivity index (χ3n) is 11.5. The molecule has 40 heavy (non-hydrogen) atoms. The summed E-state index contributed by atoms with van der Waals surface area (Å²) in [5, 5.41) is 3.28.